The Kier molecular flexibility index (Phi) is 4.39. The van der Waals surface area contributed by atoms with Crippen molar-refractivity contribution in [2.75, 3.05) is 5.32 Å². The van der Waals surface area contributed by atoms with Crippen LogP contribution in [-0.2, 0) is 0 Å². The number of nitrogens with one attached hydrogen (secondary N) is 1. The van der Waals surface area contributed by atoms with Gasteiger partial charge in [-0.2, -0.15) is 0 Å². The molecule has 0 aliphatic heterocycles. The number of thiophene rings is 1. The van der Waals surface area contributed by atoms with Crippen molar-refractivity contribution in [3.05, 3.63) is 49.6 Å². The Morgan fingerprint density at radius 2 is 2.00 bits per heavy atom. The van der Waals surface area contributed by atoms with E-state index >= 15 is 0 Å². The Bertz CT molecular complexity index is 889. The summed E-state index contributed by atoms with van der Waals surface area (Å²) in [6, 6.07) is 7.37. The SMILES string of the molecule is Cc1ccc(-c2nnc(NC(=O)c3cc(Cl)sc3Cl)o2)c(C)c1. The predicted molar refractivity (Wildman–Crippen MR) is 91.5 cm³/mol. The zero-order valence-corrected chi connectivity index (χ0v) is 14.5. The average molecular weight is 368 g/mol. The van der Waals surface area contributed by atoms with Crippen LogP contribution in [0.5, 0.6) is 0 Å². The molecule has 0 radical (unpaired) electrons. The zero-order chi connectivity index (χ0) is 16.6. The summed E-state index contributed by atoms with van der Waals surface area (Å²) in [5, 5.41) is 10.3. The van der Waals surface area contributed by atoms with Gasteiger partial charge in [0.2, 0.25) is 5.89 Å². The maximum absolute atomic E-state index is 12.1. The van der Waals surface area contributed by atoms with E-state index < -0.39 is 5.91 Å². The van der Waals surface area contributed by atoms with Gasteiger partial charge >= 0.3 is 6.01 Å². The molecular formula is C15H11Cl2N3O2S. The Balaban J connectivity index is 1.82. The Morgan fingerprint density at radius 1 is 1.22 bits per heavy atom. The molecule has 0 saturated carbocycles. The topological polar surface area (TPSA) is 68.0 Å². The summed E-state index contributed by atoms with van der Waals surface area (Å²) in [6.07, 6.45) is 0. The fourth-order valence-electron chi connectivity index (χ4n) is 2.10. The second-order valence-corrected chi connectivity index (χ2v) is 7.21. The normalized spacial score (nSPS) is 10.8. The molecule has 0 atom stereocenters. The van der Waals surface area contributed by atoms with Crippen LogP contribution in [0.4, 0.5) is 6.01 Å². The van der Waals surface area contributed by atoms with Gasteiger partial charge in [0.25, 0.3) is 5.91 Å². The number of benzene rings is 1. The molecule has 1 N–H and O–H groups in total. The monoisotopic (exact) mass is 367 g/mol. The first-order chi connectivity index (χ1) is 10.9. The molecule has 0 saturated heterocycles. The minimum absolute atomic E-state index is 0.00311. The smallest absolute Gasteiger partial charge is 0.322 e. The Morgan fingerprint density at radius 3 is 2.65 bits per heavy atom. The molecule has 0 unspecified atom stereocenters. The highest BCUT2D eigenvalue weighted by molar-refractivity contribution is 7.20. The van der Waals surface area contributed by atoms with E-state index in [4.69, 9.17) is 27.6 Å². The van der Waals surface area contributed by atoms with Crippen LogP contribution in [0, 0.1) is 13.8 Å². The molecule has 118 valence electrons. The molecule has 2 aromatic heterocycles. The standard InChI is InChI=1S/C15H11Cl2N3O2S/c1-7-3-4-9(8(2)5-7)14-19-20-15(22-14)18-13(21)10-6-11(16)23-12(10)17/h3-6H,1-2H3,(H,18,20,21). The van der Waals surface area contributed by atoms with Crippen molar-refractivity contribution < 1.29 is 9.21 Å². The van der Waals surface area contributed by atoms with Gasteiger partial charge in [0.05, 0.1) is 9.90 Å². The van der Waals surface area contributed by atoms with Crippen molar-refractivity contribution in [2.45, 2.75) is 13.8 Å². The first-order valence-electron chi connectivity index (χ1n) is 6.61. The number of anilines is 1. The van der Waals surface area contributed by atoms with Gasteiger partial charge in [0.15, 0.2) is 0 Å². The maximum Gasteiger partial charge on any atom is 0.322 e. The van der Waals surface area contributed by atoms with Gasteiger partial charge in [0.1, 0.15) is 4.34 Å². The van der Waals surface area contributed by atoms with Crippen molar-refractivity contribution in [3.8, 4) is 11.5 Å². The predicted octanol–water partition coefficient (Wildman–Crippen LogP) is 4.97. The minimum atomic E-state index is -0.450. The van der Waals surface area contributed by atoms with E-state index in [0.29, 0.717) is 14.6 Å². The van der Waals surface area contributed by atoms with Crippen LogP contribution >= 0.6 is 34.5 Å². The molecule has 3 rings (SSSR count). The van der Waals surface area contributed by atoms with Gasteiger partial charge in [-0.3, -0.25) is 10.1 Å². The van der Waals surface area contributed by atoms with Crippen LogP contribution < -0.4 is 5.32 Å². The molecular weight excluding hydrogens is 357 g/mol. The van der Waals surface area contributed by atoms with Gasteiger partial charge < -0.3 is 4.42 Å². The highest BCUT2D eigenvalue weighted by Crippen LogP contribution is 2.32. The molecule has 0 bridgehead atoms. The van der Waals surface area contributed by atoms with Crippen molar-refractivity contribution in [1.82, 2.24) is 10.2 Å². The van der Waals surface area contributed by atoms with E-state index in [1.165, 1.54) is 6.07 Å². The van der Waals surface area contributed by atoms with E-state index in [0.717, 1.165) is 28.0 Å². The molecule has 23 heavy (non-hydrogen) atoms. The number of hydrogen-bond acceptors (Lipinski definition) is 5. The highest BCUT2D eigenvalue weighted by atomic mass is 35.5. The molecule has 3 aromatic rings. The maximum atomic E-state index is 12.1. The average Bonchev–Trinajstić information content (AvgIpc) is 3.05. The number of carbonyl (C=O) groups is 1. The summed E-state index contributed by atoms with van der Waals surface area (Å²) in [5.41, 5.74) is 3.25. The van der Waals surface area contributed by atoms with Gasteiger partial charge in [-0.15, -0.1) is 16.4 Å². The lowest BCUT2D eigenvalue weighted by atomic mass is 10.1. The number of halogens is 2. The molecule has 2 heterocycles. The third-order valence-electron chi connectivity index (χ3n) is 3.16. The molecule has 5 nitrogen and oxygen atoms in total. The number of aryl methyl sites for hydroxylation is 2. The van der Waals surface area contributed by atoms with Crippen LogP contribution in [0.25, 0.3) is 11.5 Å². The zero-order valence-electron chi connectivity index (χ0n) is 12.2. The van der Waals surface area contributed by atoms with E-state index in [1.807, 2.05) is 32.0 Å². The summed E-state index contributed by atoms with van der Waals surface area (Å²) in [5.74, 6) is -0.110. The van der Waals surface area contributed by atoms with Gasteiger partial charge in [-0.25, -0.2) is 0 Å². The third-order valence-corrected chi connectivity index (χ3v) is 4.65. The quantitative estimate of drug-likeness (QED) is 0.708. The van der Waals surface area contributed by atoms with Crippen molar-refractivity contribution in [1.29, 1.82) is 0 Å². The lowest BCUT2D eigenvalue weighted by Gasteiger charge is -2.02. The van der Waals surface area contributed by atoms with E-state index in [1.54, 1.807) is 0 Å². The lowest BCUT2D eigenvalue weighted by molar-refractivity contribution is 0.102. The molecule has 0 aliphatic rings. The molecule has 8 heteroatoms. The second-order valence-electron chi connectivity index (χ2n) is 4.92. The van der Waals surface area contributed by atoms with Crippen molar-refractivity contribution in [3.63, 3.8) is 0 Å². The van der Waals surface area contributed by atoms with Crippen LogP contribution in [0.15, 0.2) is 28.7 Å². The fourth-order valence-corrected chi connectivity index (χ4v) is 3.55. The summed E-state index contributed by atoms with van der Waals surface area (Å²) < 4.78 is 6.24. The molecule has 1 aromatic carbocycles. The number of carbonyl (C=O) groups excluding carboxylic acids is 1. The number of hydrogen-bond donors (Lipinski definition) is 1. The second kappa shape index (κ2) is 6.31. The number of amides is 1. The van der Waals surface area contributed by atoms with Crippen LogP contribution in [0.2, 0.25) is 8.67 Å². The molecule has 0 aliphatic carbocycles. The Labute approximate surface area is 146 Å². The largest absolute Gasteiger partial charge is 0.403 e. The number of rotatable bonds is 3. The number of aromatic nitrogens is 2. The van der Waals surface area contributed by atoms with Gasteiger partial charge in [-0.05, 0) is 31.5 Å². The molecule has 0 fully saturated rings. The first kappa shape index (κ1) is 16.0. The van der Waals surface area contributed by atoms with Gasteiger partial charge in [0, 0.05) is 5.56 Å². The van der Waals surface area contributed by atoms with Gasteiger partial charge in [-0.1, -0.05) is 46.0 Å². The van der Waals surface area contributed by atoms with Crippen LogP contribution in [0.3, 0.4) is 0 Å². The third kappa shape index (κ3) is 3.39. The molecule has 1 amide bonds. The fraction of sp³-hybridized carbons (Fsp3) is 0.133. The first-order valence-corrected chi connectivity index (χ1v) is 8.18. The van der Waals surface area contributed by atoms with E-state index in [2.05, 4.69) is 15.5 Å². The van der Waals surface area contributed by atoms with E-state index in [9.17, 15) is 4.79 Å². The van der Waals surface area contributed by atoms with Crippen LogP contribution in [-0.4, -0.2) is 16.1 Å². The molecule has 0 spiro atoms. The Hall–Kier alpha value is -1.89. The van der Waals surface area contributed by atoms with Crippen LogP contribution in [0.1, 0.15) is 21.5 Å². The minimum Gasteiger partial charge on any atom is -0.403 e. The van der Waals surface area contributed by atoms with Crippen molar-refractivity contribution in [2.24, 2.45) is 0 Å². The summed E-state index contributed by atoms with van der Waals surface area (Å²) in [4.78, 5) is 12.1. The lowest BCUT2D eigenvalue weighted by Crippen LogP contribution is -2.11. The van der Waals surface area contributed by atoms with Crippen molar-refractivity contribution >= 4 is 46.5 Å². The number of nitrogens with zero attached hydrogens (tertiary/aromatic N) is 2. The summed E-state index contributed by atoms with van der Waals surface area (Å²) >= 11 is 12.9. The summed E-state index contributed by atoms with van der Waals surface area (Å²) in [7, 11) is 0. The highest BCUT2D eigenvalue weighted by Gasteiger charge is 2.18. The summed E-state index contributed by atoms with van der Waals surface area (Å²) in [6.45, 7) is 3.96. The van der Waals surface area contributed by atoms with E-state index in [-0.39, 0.29) is 11.6 Å².